The summed E-state index contributed by atoms with van der Waals surface area (Å²) >= 11 is 0. The predicted octanol–water partition coefficient (Wildman–Crippen LogP) is 2.98. The second-order valence-electron chi connectivity index (χ2n) is 5.01. The summed E-state index contributed by atoms with van der Waals surface area (Å²) in [5.74, 6) is -0.830. The number of aliphatic carboxylic acids is 1. The molecular formula is C14H20N2O4. The van der Waals surface area contributed by atoms with E-state index in [1.54, 1.807) is 19.1 Å². The molecule has 0 saturated carbocycles. The highest BCUT2D eigenvalue weighted by molar-refractivity contribution is 5.66. The lowest BCUT2D eigenvalue weighted by atomic mass is 10.1. The zero-order valence-electron chi connectivity index (χ0n) is 12.0. The van der Waals surface area contributed by atoms with Crippen LogP contribution in [-0.4, -0.2) is 28.6 Å². The molecule has 0 saturated heterocycles. The summed E-state index contributed by atoms with van der Waals surface area (Å²) in [5.41, 5.74) is 1.46. The molecule has 110 valence electrons. The second-order valence-corrected chi connectivity index (χ2v) is 5.01. The van der Waals surface area contributed by atoms with Gasteiger partial charge < -0.3 is 10.0 Å². The molecule has 6 heteroatoms. The number of rotatable bonds is 7. The maximum atomic E-state index is 11.0. The van der Waals surface area contributed by atoms with Crippen LogP contribution in [0.2, 0.25) is 0 Å². The van der Waals surface area contributed by atoms with Gasteiger partial charge in [0.1, 0.15) is 0 Å². The van der Waals surface area contributed by atoms with E-state index in [0.29, 0.717) is 18.5 Å². The molecule has 0 amide bonds. The summed E-state index contributed by atoms with van der Waals surface area (Å²) in [6.07, 6.45) is 0.604. The van der Waals surface area contributed by atoms with Gasteiger partial charge in [0.05, 0.1) is 4.92 Å². The summed E-state index contributed by atoms with van der Waals surface area (Å²) in [4.78, 5) is 23.1. The van der Waals surface area contributed by atoms with Crippen molar-refractivity contribution < 1.29 is 14.8 Å². The third-order valence-electron chi connectivity index (χ3n) is 3.13. The number of hydrogen-bond donors (Lipinski definition) is 1. The van der Waals surface area contributed by atoms with Crippen molar-refractivity contribution in [3.63, 3.8) is 0 Å². The second kappa shape index (κ2) is 6.88. The van der Waals surface area contributed by atoms with Gasteiger partial charge in [0, 0.05) is 36.3 Å². The smallest absolute Gasteiger partial charge is 0.303 e. The Kier molecular flexibility index (Phi) is 5.49. The maximum absolute atomic E-state index is 11.0. The molecule has 1 aromatic rings. The van der Waals surface area contributed by atoms with Gasteiger partial charge in [-0.2, -0.15) is 0 Å². The van der Waals surface area contributed by atoms with Crippen molar-refractivity contribution in [3.8, 4) is 0 Å². The van der Waals surface area contributed by atoms with Gasteiger partial charge in [-0.25, -0.2) is 0 Å². The number of nitro groups is 1. The van der Waals surface area contributed by atoms with E-state index in [0.717, 1.165) is 5.69 Å². The van der Waals surface area contributed by atoms with Crippen molar-refractivity contribution in [1.82, 2.24) is 0 Å². The van der Waals surface area contributed by atoms with E-state index in [9.17, 15) is 14.9 Å². The number of carbonyl (C=O) groups is 1. The molecule has 0 fully saturated rings. The van der Waals surface area contributed by atoms with Crippen LogP contribution in [0.3, 0.4) is 0 Å². The van der Waals surface area contributed by atoms with Crippen LogP contribution in [0.1, 0.15) is 32.3 Å². The fraction of sp³-hybridized carbons (Fsp3) is 0.500. The van der Waals surface area contributed by atoms with Crippen LogP contribution in [0.5, 0.6) is 0 Å². The van der Waals surface area contributed by atoms with Gasteiger partial charge in [0.2, 0.25) is 0 Å². The van der Waals surface area contributed by atoms with Crippen molar-refractivity contribution in [2.75, 3.05) is 11.4 Å². The molecule has 0 aliphatic rings. The molecule has 6 nitrogen and oxygen atoms in total. The van der Waals surface area contributed by atoms with E-state index >= 15 is 0 Å². The van der Waals surface area contributed by atoms with Crippen LogP contribution in [0.4, 0.5) is 11.4 Å². The van der Waals surface area contributed by atoms with Crippen molar-refractivity contribution in [2.24, 2.45) is 0 Å². The third kappa shape index (κ3) is 4.22. The third-order valence-corrected chi connectivity index (χ3v) is 3.13. The standard InChI is InChI=1S/C14H20N2O4/c1-10(2)15(8-4-5-14(17)18)12-7-6-11(3)13(9-12)16(19)20/h6-7,9-10H,4-5,8H2,1-3H3,(H,17,18). The van der Waals surface area contributed by atoms with Gasteiger partial charge in [-0.1, -0.05) is 6.07 Å². The lowest BCUT2D eigenvalue weighted by Gasteiger charge is -2.29. The lowest BCUT2D eigenvalue weighted by Crippen LogP contribution is -2.32. The summed E-state index contributed by atoms with van der Waals surface area (Å²) in [7, 11) is 0. The minimum atomic E-state index is -0.830. The van der Waals surface area contributed by atoms with E-state index in [1.807, 2.05) is 24.8 Å². The van der Waals surface area contributed by atoms with E-state index in [1.165, 1.54) is 0 Å². The topological polar surface area (TPSA) is 83.7 Å². The minimum absolute atomic E-state index is 0.0892. The Morgan fingerprint density at radius 3 is 2.60 bits per heavy atom. The van der Waals surface area contributed by atoms with Crippen LogP contribution in [0.25, 0.3) is 0 Å². The molecule has 20 heavy (non-hydrogen) atoms. The molecule has 0 unspecified atom stereocenters. The van der Waals surface area contributed by atoms with E-state index < -0.39 is 10.9 Å². The number of carboxylic acid groups (broad SMARTS) is 1. The zero-order valence-corrected chi connectivity index (χ0v) is 12.0. The Bertz CT molecular complexity index is 500. The fourth-order valence-electron chi connectivity index (χ4n) is 2.06. The number of nitrogens with zero attached hydrogens (tertiary/aromatic N) is 2. The van der Waals surface area contributed by atoms with Gasteiger partial charge in [-0.05, 0) is 33.3 Å². The average molecular weight is 280 g/mol. The first-order valence-corrected chi connectivity index (χ1v) is 6.56. The van der Waals surface area contributed by atoms with Crippen LogP contribution >= 0.6 is 0 Å². The lowest BCUT2D eigenvalue weighted by molar-refractivity contribution is -0.385. The molecule has 0 radical (unpaired) electrons. The Hall–Kier alpha value is -2.11. The van der Waals surface area contributed by atoms with Crippen LogP contribution in [0, 0.1) is 17.0 Å². The number of nitro benzene ring substituents is 1. The minimum Gasteiger partial charge on any atom is -0.481 e. The van der Waals surface area contributed by atoms with Crippen LogP contribution in [0.15, 0.2) is 18.2 Å². The monoisotopic (exact) mass is 280 g/mol. The summed E-state index contributed by atoms with van der Waals surface area (Å²) in [6, 6.07) is 5.25. The predicted molar refractivity (Wildman–Crippen MR) is 77.2 cm³/mol. The number of anilines is 1. The molecule has 0 spiro atoms. The van der Waals surface area contributed by atoms with Crippen molar-refractivity contribution in [1.29, 1.82) is 0 Å². The number of hydrogen-bond acceptors (Lipinski definition) is 4. The Morgan fingerprint density at radius 1 is 1.45 bits per heavy atom. The summed E-state index contributed by atoms with van der Waals surface area (Å²) in [5, 5.41) is 19.7. The quantitative estimate of drug-likeness (QED) is 0.613. The number of benzene rings is 1. The molecule has 1 aromatic carbocycles. The molecule has 0 heterocycles. The van der Waals surface area contributed by atoms with Crippen molar-refractivity contribution in [2.45, 2.75) is 39.7 Å². The highest BCUT2D eigenvalue weighted by Crippen LogP contribution is 2.26. The zero-order chi connectivity index (χ0) is 15.3. The molecular weight excluding hydrogens is 260 g/mol. The fourth-order valence-corrected chi connectivity index (χ4v) is 2.06. The first-order valence-electron chi connectivity index (χ1n) is 6.56. The van der Waals surface area contributed by atoms with Gasteiger partial charge in [-0.15, -0.1) is 0 Å². The molecule has 0 bridgehead atoms. The summed E-state index contributed by atoms with van der Waals surface area (Å²) in [6.45, 7) is 6.22. The molecule has 0 aliphatic heterocycles. The first kappa shape index (κ1) is 15.9. The Labute approximate surface area is 118 Å². The van der Waals surface area contributed by atoms with Crippen molar-refractivity contribution in [3.05, 3.63) is 33.9 Å². The van der Waals surface area contributed by atoms with Crippen LogP contribution < -0.4 is 4.90 Å². The van der Waals surface area contributed by atoms with E-state index in [-0.39, 0.29) is 18.2 Å². The van der Waals surface area contributed by atoms with Crippen molar-refractivity contribution >= 4 is 17.3 Å². The normalized spacial score (nSPS) is 10.6. The Morgan fingerprint density at radius 2 is 2.10 bits per heavy atom. The number of aryl methyl sites for hydroxylation is 1. The van der Waals surface area contributed by atoms with Crippen LogP contribution in [-0.2, 0) is 4.79 Å². The number of carboxylic acids is 1. The largest absolute Gasteiger partial charge is 0.481 e. The SMILES string of the molecule is Cc1ccc(N(CCCC(=O)O)C(C)C)cc1[N+](=O)[O-]. The molecule has 1 N–H and O–H groups in total. The highest BCUT2D eigenvalue weighted by Gasteiger charge is 2.16. The molecule has 0 aromatic heterocycles. The molecule has 1 rings (SSSR count). The average Bonchev–Trinajstić information content (AvgIpc) is 2.34. The Balaban J connectivity index is 2.94. The molecule has 0 atom stereocenters. The van der Waals surface area contributed by atoms with E-state index in [2.05, 4.69) is 0 Å². The summed E-state index contributed by atoms with van der Waals surface area (Å²) < 4.78 is 0. The first-order chi connectivity index (χ1) is 9.32. The van der Waals surface area contributed by atoms with Gasteiger partial charge in [0.15, 0.2) is 0 Å². The van der Waals surface area contributed by atoms with Gasteiger partial charge in [-0.3, -0.25) is 14.9 Å². The van der Waals surface area contributed by atoms with Gasteiger partial charge in [0.25, 0.3) is 5.69 Å². The highest BCUT2D eigenvalue weighted by atomic mass is 16.6. The molecule has 0 aliphatic carbocycles. The van der Waals surface area contributed by atoms with E-state index in [4.69, 9.17) is 5.11 Å². The van der Waals surface area contributed by atoms with Gasteiger partial charge >= 0.3 is 5.97 Å². The maximum Gasteiger partial charge on any atom is 0.303 e.